The number of benzene rings is 1. The molecule has 0 fully saturated rings. The van der Waals surface area contributed by atoms with Crippen LogP contribution in [-0.2, 0) is 0 Å². The molecule has 0 aliphatic heterocycles. The zero-order chi connectivity index (χ0) is 16.8. The van der Waals surface area contributed by atoms with E-state index in [-0.39, 0.29) is 17.0 Å². The van der Waals surface area contributed by atoms with E-state index in [0.29, 0.717) is 0 Å². The lowest BCUT2D eigenvalue weighted by atomic mass is 10.2. The number of nitrogens with two attached hydrogens (primary N) is 1. The minimum atomic E-state index is -4.50. The van der Waals surface area contributed by atoms with Crippen molar-refractivity contribution < 1.29 is 18.0 Å². The van der Waals surface area contributed by atoms with Crippen molar-refractivity contribution in [1.82, 2.24) is 5.32 Å². The minimum absolute atomic E-state index is 0.0224. The van der Waals surface area contributed by atoms with Crippen molar-refractivity contribution in [2.75, 3.05) is 12.0 Å². The third-order valence-corrected chi connectivity index (χ3v) is 2.23. The van der Waals surface area contributed by atoms with Crippen LogP contribution in [0, 0.1) is 16.7 Å². The molecular formula is C12H11F3N6O. The molecule has 0 bridgehead atoms. The van der Waals surface area contributed by atoms with Gasteiger partial charge in [0.2, 0.25) is 5.71 Å². The minimum Gasteiger partial charge on any atom is -0.382 e. The normalized spacial score (nSPS) is 11.5. The van der Waals surface area contributed by atoms with Crippen LogP contribution in [0.1, 0.15) is 10.4 Å². The van der Waals surface area contributed by atoms with E-state index in [1.54, 1.807) is 11.4 Å². The SMILES string of the molecule is N#C/C(=N\Nc1cccc(C(=O)NCC(F)(F)F)c1)C(=N)N. The molecule has 0 radical (unpaired) electrons. The molecule has 1 aromatic rings. The molecule has 0 saturated heterocycles. The summed E-state index contributed by atoms with van der Waals surface area (Å²) in [6, 6.07) is 7.02. The number of amides is 1. The Morgan fingerprint density at radius 1 is 1.45 bits per heavy atom. The van der Waals surface area contributed by atoms with Crippen LogP contribution >= 0.6 is 0 Å². The van der Waals surface area contributed by atoms with Crippen LogP contribution in [0.5, 0.6) is 0 Å². The van der Waals surface area contributed by atoms with Gasteiger partial charge in [-0.05, 0) is 18.2 Å². The molecule has 0 heterocycles. The van der Waals surface area contributed by atoms with Gasteiger partial charge in [0.25, 0.3) is 5.91 Å². The van der Waals surface area contributed by atoms with Gasteiger partial charge in [0.15, 0.2) is 5.84 Å². The molecule has 1 aromatic carbocycles. The maximum atomic E-state index is 12.0. The highest BCUT2D eigenvalue weighted by Gasteiger charge is 2.27. The number of hydrogen-bond donors (Lipinski definition) is 4. The Balaban J connectivity index is 2.80. The van der Waals surface area contributed by atoms with E-state index in [1.165, 1.54) is 24.3 Å². The third-order valence-electron chi connectivity index (χ3n) is 2.23. The van der Waals surface area contributed by atoms with E-state index in [4.69, 9.17) is 16.4 Å². The number of anilines is 1. The predicted molar refractivity (Wildman–Crippen MR) is 73.4 cm³/mol. The van der Waals surface area contributed by atoms with E-state index in [2.05, 4.69) is 10.5 Å². The molecule has 1 amide bonds. The molecule has 22 heavy (non-hydrogen) atoms. The van der Waals surface area contributed by atoms with Gasteiger partial charge in [0.05, 0.1) is 5.69 Å². The topological polar surface area (TPSA) is 127 Å². The lowest BCUT2D eigenvalue weighted by Gasteiger charge is -2.09. The zero-order valence-electron chi connectivity index (χ0n) is 11.0. The van der Waals surface area contributed by atoms with Gasteiger partial charge < -0.3 is 11.1 Å². The Kier molecular flexibility index (Phi) is 5.45. The lowest BCUT2D eigenvalue weighted by molar-refractivity contribution is -0.123. The fraction of sp³-hybridized carbons (Fsp3) is 0.167. The van der Waals surface area contributed by atoms with Crippen LogP contribution in [0.3, 0.4) is 0 Å². The summed E-state index contributed by atoms with van der Waals surface area (Å²) in [6.07, 6.45) is -4.50. The van der Waals surface area contributed by atoms with Crippen molar-refractivity contribution in [3.63, 3.8) is 0 Å². The van der Waals surface area contributed by atoms with E-state index < -0.39 is 24.5 Å². The number of nitrogens with zero attached hydrogens (tertiary/aromatic N) is 2. The van der Waals surface area contributed by atoms with Gasteiger partial charge in [0, 0.05) is 5.56 Å². The fourth-order valence-corrected chi connectivity index (χ4v) is 1.28. The van der Waals surface area contributed by atoms with Crippen molar-refractivity contribution in [3.05, 3.63) is 29.8 Å². The van der Waals surface area contributed by atoms with E-state index >= 15 is 0 Å². The molecule has 0 aromatic heterocycles. The van der Waals surface area contributed by atoms with Crippen molar-refractivity contribution in [2.45, 2.75) is 6.18 Å². The van der Waals surface area contributed by atoms with E-state index in [0.717, 1.165) is 0 Å². The number of hydrazone groups is 1. The molecule has 0 saturated carbocycles. The monoisotopic (exact) mass is 312 g/mol. The maximum absolute atomic E-state index is 12.0. The highest BCUT2D eigenvalue weighted by atomic mass is 19.4. The Labute approximate surface area is 123 Å². The summed E-state index contributed by atoms with van der Waals surface area (Å²) in [6.45, 7) is -1.44. The van der Waals surface area contributed by atoms with Gasteiger partial charge in [-0.2, -0.15) is 23.5 Å². The molecule has 0 aliphatic rings. The first-order valence-electron chi connectivity index (χ1n) is 5.76. The van der Waals surface area contributed by atoms with Crippen molar-refractivity contribution in [1.29, 1.82) is 10.7 Å². The van der Waals surface area contributed by atoms with Crippen LogP contribution in [0.25, 0.3) is 0 Å². The van der Waals surface area contributed by atoms with Crippen molar-refractivity contribution in [3.8, 4) is 6.07 Å². The molecular weight excluding hydrogens is 301 g/mol. The first-order chi connectivity index (χ1) is 10.2. The molecule has 5 N–H and O–H groups in total. The first-order valence-corrected chi connectivity index (χ1v) is 5.76. The summed E-state index contributed by atoms with van der Waals surface area (Å²) >= 11 is 0. The van der Waals surface area contributed by atoms with Crippen LogP contribution in [-0.4, -0.2) is 30.2 Å². The largest absolute Gasteiger partial charge is 0.405 e. The number of rotatable bonds is 5. The third kappa shape index (κ3) is 5.49. The Bertz CT molecular complexity index is 647. The quantitative estimate of drug-likeness (QED) is 0.370. The van der Waals surface area contributed by atoms with Gasteiger partial charge in [0.1, 0.15) is 12.6 Å². The number of hydrogen-bond acceptors (Lipinski definition) is 5. The second-order valence-corrected chi connectivity index (χ2v) is 3.98. The fourth-order valence-electron chi connectivity index (χ4n) is 1.28. The first kappa shape index (κ1) is 17.0. The van der Waals surface area contributed by atoms with Crippen LogP contribution in [0.4, 0.5) is 18.9 Å². The van der Waals surface area contributed by atoms with Gasteiger partial charge in [-0.25, -0.2) is 0 Å². The van der Waals surface area contributed by atoms with Crippen LogP contribution < -0.4 is 16.5 Å². The molecule has 0 aliphatic carbocycles. The molecule has 10 heteroatoms. The predicted octanol–water partition coefficient (Wildman–Crippen LogP) is 1.21. The van der Waals surface area contributed by atoms with Crippen LogP contribution in [0.2, 0.25) is 0 Å². The Hall–Kier alpha value is -3.09. The van der Waals surface area contributed by atoms with Crippen molar-refractivity contribution >= 4 is 23.1 Å². The summed E-state index contributed by atoms with van der Waals surface area (Å²) in [5.74, 6) is -1.45. The number of nitrogens with one attached hydrogen (secondary N) is 3. The lowest BCUT2D eigenvalue weighted by Crippen LogP contribution is -2.33. The summed E-state index contributed by atoms with van der Waals surface area (Å²) in [7, 11) is 0. The zero-order valence-corrected chi connectivity index (χ0v) is 11.0. The van der Waals surface area contributed by atoms with E-state index in [9.17, 15) is 18.0 Å². The number of nitriles is 1. The van der Waals surface area contributed by atoms with Gasteiger partial charge in [-0.15, -0.1) is 0 Å². The van der Waals surface area contributed by atoms with E-state index in [1.807, 2.05) is 0 Å². The molecule has 1 rings (SSSR count). The molecule has 0 atom stereocenters. The second-order valence-electron chi connectivity index (χ2n) is 3.98. The number of carbonyl (C=O) groups excluding carboxylic acids is 1. The van der Waals surface area contributed by atoms with Gasteiger partial charge in [-0.3, -0.25) is 15.6 Å². The summed E-state index contributed by atoms with van der Waals surface area (Å²) in [4.78, 5) is 11.6. The number of alkyl halides is 3. The highest BCUT2D eigenvalue weighted by molar-refractivity contribution is 6.45. The summed E-state index contributed by atoms with van der Waals surface area (Å²) in [5, 5.41) is 21.0. The average molecular weight is 312 g/mol. The summed E-state index contributed by atoms with van der Waals surface area (Å²) < 4.78 is 36.1. The summed E-state index contributed by atoms with van der Waals surface area (Å²) in [5.41, 5.74) is 7.33. The molecule has 0 unspecified atom stereocenters. The Morgan fingerprint density at radius 3 is 2.68 bits per heavy atom. The smallest absolute Gasteiger partial charge is 0.382 e. The molecule has 0 spiro atoms. The molecule has 116 valence electrons. The Morgan fingerprint density at radius 2 is 2.14 bits per heavy atom. The standard InChI is InChI=1S/C12H11F3N6O/c13-12(14,15)6-19-11(22)7-2-1-3-8(4-7)20-21-9(5-16)10(17)18/h1-4,20H,6H2,(H3,17,18)(H,19,22)/b21-9+. The maximum Gasteiger partial charge on any atom is 0.405 e. The average Bonchev–Trinajstić information content (AvgIpc) is 2.44. The molecule has 7 nitrogen and oxygen atoms in total. The number of halogens is 3. The number of amidine groups is 1. The van der Waals surface area contributed by atoms with Gasteiger partial charge in [-0.1, -0.05) is 6.07 Å². The highest BCUT2D eigenvalue weighted by Crippen LogP contribution is 2.14. The van der Waals surface area contributed by atoms with Crippen LogP contribution in [0.15, 0.2) is 29.4 Å². The second kappa shape index (κ2) is 7.07. The van der Waals surface area contributed by atoms with Gasteiger partial charge >= 0.3 is 6.18 Å². The number of carbonyl (C=O) groups is 1. The van der Waals surface area contributed by atoms with Crippen molar-refractivity contribution in [2.24, 2.45) is 10.8 Å².